The van der Waals surface area contributed by atoms with Crippen LogP contribution in [0.5, 0.6) is 0 Å². The number of carbonyl (C=O) groups excluding carboxylic acids is 2. The van der Waals surface area contributed by atoms with E-state index in [-0.39, 0.29) is 23.3 Å². The molecule has 110 valence electrons. The largest absolute Gasteiger partial charge is 0.289 e. The van der Waals surface area contributed by atoms with Crippen LogP contribution in [0.1, 0.15) is 46.0 Å². The Morgan fingerprint density at radius 1 is 0.864 bits per heavy atom. The van der Waals surface area contributed by atoms with Crippen molar-refractivity contribution >= 4 is 11.6 Å². The molecule has 0 aliphatic heterocycles. The van der Waals surface area contributed by atoms with Crippen molar-refractivity contribution in [2.75, 3.05) is 0 Å². The third-order valence-electron chi connectivity index (χ3n) is 4.21. The molecule has 1 aliphatic rings. The van der Waals surface area contributed by atoms with Crippen molar-refractivity contribution in [3.05, 3.63) is 82.2 Å². The zero-order chi connectivity index (χ0) is 15.9. The number of hydrogen-bond acceptors (Lipinski definition) is 2. The maximum atomic E-state index is 13.1. The highest BCUT2D eigenvalue weighted by atomic mass is 19.1. The number of carbonyl (C=O) groups is 2. The second-order valence-corrected chi connectivity index (χ2v) is 5.52. The molecule has 0 saturated carbocycles. The summed E-state index contributed by atoms with van der Waals surface area (Å²) in [6, 6.07) is 12.9. The maximum Gasteiger partial charge on any atom is 0.190 e. The SMILES string of the molecule is CC1=C(C(C)c2ccc(F)cc2)C(=O)c2ccccc2C1=O. The van der Waals surface area contributed by atoms with Crippen LogP contribution in [-0.2, 0) is 0 Å². The Bertz CT molecular complexity index is 800. The van der Waals surface area contributed by atoms with Crippen LogP contribution in [0.4, 0.5) is 4.39 Å². The average molecular weight is 294 g/mol. The fourth-order valence-corrected chi connectivity index (χ4v) is 2.96. The summed E-state index contributed by atoms with van der Waals surface area (Å²) in [4.78, 5) is 25.3. The predicted octanol–water partition coefficient (Wildman–Crippen LogP) is 4.32. The number of benzene rings is 2. The molecule has 3 rings (SSSR count). The number of ketones is 2. The standard InChI is InChI=1S/C19H15FO2/c1-11(13-7-9-14(20)10-8-13)17-12(2)18(21)15-5-3-4-6-16(15)19(17)22/h3-11H,1-2H3. The second kappa shape index (κ2) is 5.34. The van der Waals surface area contributed by atoms with Crippen LogP contribution in [0, 0.1) is 5.82 Å². The Labute approximate surface area is 128 Å². The van der Waals surface area contributed by atoms with E-state index in [1.807, 2.05) is 6.92 Å². The fourth-order valence-electron chi connectivity index (χ4n) is 2.96. The van der Waals surface area contributed by atoms with Crippen LogP contribution in [0.25, 0.3) is 0 Å². The van der Waals surface area contributed by atoms with Gasteiger partial charge in [0.05, 0.1) is 0 Å². The molecule has 1 unspecified atom stereocenters. The van der Waals surface area contributed by atoms with Crippen molar-refractivity contribution in [3.63, 3.8) is 0 Å². The fraction of sp³-hybridized carbons (Fsp3) is 0.158. The van der Waals surface area contributed by atoms with Crippen LogP contribution in [0.15, 0.2) is 59.7 Å². The normalized spacial score (nSPS) is 15.8. The van der Waals surface area contributed by atoms with Crippen molar-refractivity contribution in [2.24, 2.45) is 0 Å². The summed E-state index contributed by atoms with van der Waals surface area (Å²) in [6.45, 7) is 3.55. The number of halogens is 1. The number of hydrogen-bond donors (Lipinski definition) is 0. The van der Waals surface area contributed by atoms with Gasteiger partial charge in [0.1, 0.15) is 5.82 Å². The van der Waals surface area contributed by atoms with E-state index in [0.717, 1.165) is 5.56 Å². The summed E-state index contributed by atoms with van der Waals surface area (Å²) in [5, 5.41) is 0. The highest BCUT2D eigenvalue weighted by Gasteiger charge is 2.32. The smallest absolute Gasteiger partial charge is 0.190 e. The predicted molar refractivity (Wildman–Crippen MR) is 82.6 cm³/mol. The summed E-state index contributed by atoms with van der Waals surface area (Å²) in [5.41, 5.74) is 2.69. The summed E-state index contributed by atoms with van der Waals surface area (Å²) < 4.78 is 13.1. The van der Waals surface area contributed by atoms with E-state index >= 15 is 0 Å². The van der Waals surface area contributed by atoms with Gasteiger partial charge in [-0.05, 0) is 24.6 Å². The number of Topliss-reactive ketones (excluding diaryl/α,β-unsaturated/α-hetero) is 2. The van der Waals surface area contributed by atoms with Gasteiger partial charge in [0.25, 0.3) is 0 Å². The van der Waals surface area contributed by atoms with E-state index in [2.05, 4.69) is 0 Å². The molecule has 0 spiro atoms. The van der Waals surface area contributed by atoms with Gasteiger partial charge in [0.15, 0.2) is 11.6 Å². The van der Waals surface area contributed by atoms with Gasteiger partial charge in [-0.1, -0.05) is 43.3 Å². The minimum absolute atomic E-state index is 0.112. The topological polar surface area (TPSA) is 34.1 Å². The summed E-state index contributed by atoms with van der Waals surface area (Å²) >= 11 is 0. The molecular weight excluding hydrogens is 279 g/mol. The summed E-state index contributed by atoms with van der Waals surface area (Å²) in [7, 11) is 0. The van der Waals surface area contributed by atoms with Crippen LogP contribution < -0.4 is 0 Å². The Morgan fingerprint density at radius 2 is 1.41 bits per heavy atom. The van der Waals surface area contributed by atoms with Crippen molar-refractivity contribution < 1.29 is 14.0 Å². The lowest BCUT2D eigenvalue weighted by Crippen LogP contribution is -2.23. The van der Waals surface area contributed by atoms with Gasteiger partial charge in [0, 0.05) is 28.2 Å². The van der Waals surface area contributed by atoms with E-state index in [1.165, 1.54) is 12.1 Å². The average Bonchev–Trinajstić information content (AvgIpc) is 2.53. The van der Waals surface area contributed by atoms with Crippen LogP contribution >= 0.6 is 0 Å². The van der Waals surface area contributed by atoms with Crippen LogP contribution in [0.2, 0.25) is 0 Å². The highest BCUT2D eigenvalue weighted by Crippen LogP contribution is 2.35. The van der Waals surface area contributed by atoms with Gasteiger partial charge < -0.3 is 0 Å². The first-order valence-corrected chi connectivity index (χ1v) is 7.15. The van der Waals surface area contributed by atoms with Gasteiger partial charge in [0.2, 0.25) is 0 Å². The molecule has 1 aliphatic carbocycles. The highest BCUT2D eigenvalue weighted by molar-refractivity contribution is 6.27. The molecule has 2 aromatic rings. The first-order valence-electron chi connectivity index (χ1n) is 7.15. The molecule has 22 heavy (non-hydrogen) atoms. The molecular formula is C19H15FO2. The van der Waals surface area contributed by atoms with Crippen molar-refractivity contribution in [2.45, 2.75) is 19.8 Å². The zero-order valence-electron chi connectivity index (χ0n) is 12.4. The zero-order valence-corrected chi connectivity index (χ0v) is 12.4. The number of fused-ring (bicyclic) bond motifs is 1. The molecule has 3 heteroatoms. The van der Waals surface area contributed by atoms with Crippen molar-refractivity contribution in [1.82, 2.24) is 0 Å². The first-order chi connectivity index (χ1) is 10.5. The molecule has 2 nitrogen and oxygen atoms in total. The van der Waals surface area contributed by atoms with Crippen molar-refractivity contribution in [1.29, 1.82) is 0 Å². The third kappa shape index (κ3) is 2.19. The maximum absolute atomic E-state index is 13.1. The quantitative estimate of drug-likeness (QED) is 0.826. The number of rotatable bonds is 2. The Balaban J connectivity index is 2.10. The molecule has 2 aromatic carbocycles. The van der Waals surface area contributed by atoms with E-state index in [9.17, 15) is 14.0 Å². The Morgan fingerprint density at radius 3 is 2.00 bits per heavy atom. The van der Waals surface area contributed by atoms with Gasteiger partial charge in [-0.3, -0.25) is 9.59 Å². The Kier molecular flexibility index (Phi) is 3.49. The monoisotopic (exact) mass is 294 g/mol. The molecule has 0 bridgehead atoms. The molecule has 0 radical (unpaired) electrons. The van der Waals surface area contributed by atoms with E-state index in [4.69, 9.17) is 0 Å². The molecule has 1 atom stereocenters. The lowest BCUT2D eigenvalue weighted by atomic mass is 9.78. The third-order valence-corrected chi connectivity index (χ3v) is 4.21. The van der Waals surface area contributed by atoms with Gasteiger partial charge in [-0.2, -0.15) is 0 Å². The van der Waals surface area contributed by atoms with Crippen molar-refractivity contribution in [3.8, 4) is 0 Å². The first kappa shape index (κ1) is 14.4. The van der Waals surface area contributed by atoms with E-state index in [0.29, 0.717) is 22.3 Å². The van der Waals surface area contributed by atoms with Gasteiger partial charge >= 0.3 is 0 Å². The molecule has 0 N–H and O–H groups in total. The van der Waals surface area contributed by atoms with E-state index in [1.54, 1.807) is 43.3 Å². The minimum Gasteiger partial charge on any atom is -0.289 e. The second-order valence-electron chi connectivity index (χ2n) is 5.52. The summed E-state index contributed by atoms with van der Waals surface area (Å²) in [6.07, 6.45) is 0. The lowest BCUT2D eigenvalue weighted by molar-refractivity contribution is 0.0970. The minimum atomic E-state index is -0.321. The molecule has 0 aromatic heterocycles. The van der Waals surface area contributed by atoms with Gasteiger partial charge in [-0.15, -0.1) is 0 Å². The van der Waals surface area contributed by atoms with Gasteiger partial charge in [-0.25, -0.2) is 4.39 Å². The summed E-state index contributed by atoms with van der Waals surface area (Å²) in [5.74, 6) is -0.813. The molecule has 0 heterocycles. The molecule has 0 fully saturated rings. The number of allylic oxidation sites excluding steroid dienone is 2. The van der Waals surface area contributed by atoms with E-state index < -0.39 is 0 Å². The van der Waals surface area contributed by atoms with Crippen LogP contribution in [0.3, 0.4) is 0 Å². The molecule has 0 saturated heterocycles. The molecule has 0 amide bonds. The van der Waals surface area contributed by atoms with Crippen LogP contribution in [-0.4, -0.2) is 11.6 Å². The lowest BCUT2D eigenvalue weighted by Gasteiger charge is -2.23. The Hall–Kier alpha value is -2.55.